The van der Waals surface area contributed by atoms with E-state index in [1.54, 1.807) is 0 Å². The molecular weight excluding hydrogens is 318 g/mol. The van der Waals surface area contributed by atoms with Gasteiger partial charge < -0.3 is 14.4 Å². The summed E-state index contributed by atoms with van der Waals surface area (Å²) in [5, 5.41) is 0. The van der Waals surface area contributed by atoms with Crippen LogP contribution in [0.5, 0.6) is 0 Å². The second-order valence-corrected chi connectivity index (χ2v) is 5.99. The molecule has 4 rings (SSSR count). The summed E-state index contributed by atoms with van der Waals surface area (Å²) in [5.41, 5.74) is 3.70. The Hall–Kier alpha value is -3.08. The van der Waals surface area contributed by atoms with E-state index < -0.39 is 11.9 Å². The zero-order chi connectivity index (χ0) is 17.6. The van der Waals surface area contributed by atoms with E-state index in [-0.39, 0.29) is 12.1 Å². The van der Waals surface area contributed by atoms with Crippen molar-refractivity contribution in [3.8, 4) is 0 Å². The van der Waals surface area contributed by atoms with E-state index in [2.05, 4.69) is 4.90 Å². The molecule has 0 saturated carbocycles. The molecule has 0 aliphatic carbocycles. The maximum absolute atomic E-state index is 12.5. The van der Waals surface area contributed by atoms with Gasteiger partial charge >= 0.3 is 11.9 Å². The van der Waals surface area contributed by atoms with Gasteiger partial charge in [0.05, 0.1) is 37.4 Å². The number of esters is 2. The number of rotatable bonds is 3. The highest BCUT2D eigenvalue weighted by atomic mass is 16.5. The van der Waals surface area contributed by atoms with Crippen molar-refractivity contribution in [2.24, 2.45) is 0 Å². The third-order valence-corrected chi connectivity index (χ3v) is 4.84. The van der Waals surface area contributed by atoms with Crippen molar-refractivity contribution in [1.82, 2.24) is 0 Å². The Bertz CT molecular complexity index is 835. The van der Waals surface area contributed by atoms with Crippen molar-refractivity contribution in [3.63, 3.8) is 0 Å². The number of ether oxygens (including phenoxy) is 2. The zero-order valence-corrected chi connectivity index (χ0v) is 13.9. The van der Waals surface area contributed by atoms with Crippen LogP contribution in [0.4, 0.5) is 5.69 Å². The van der Waals surface area contributed by atoms with Crippen molar-refractivity contribution in [2.45, 2.75) is 12.1 Å². The summed E-state index contributed by atoms with van der Waals surface area (Å²) in [6.45, 7) is 0. The Morgan fingerprint density at radius 3 is 1.64 bits per heavy atom. The van der Waals surface area contributed by atoms with E-state index in [9.17, 15) is 9.59 Å². The zero-order valence-electron chi connectivity index (χ0n) is 13.9. The van der Waals surface area contributed by atoms with Crippen LogP contribution in [0.15, 0.2) is 65.7 Å². The molecule has 0 N–H and O–H groups in total. The van der Waals surface area contributed by atoms with Crippen LogP contribution in [0, 0.1) is 0 Å². The van der Waals surface area contributed by atoms with E-state index in [1.165, 1.54) is 14.2 Å². The lowest BCUT2D eigenvalue weighted by Gasteiger charge is -2.26. The number of fused-ring (bicyclic) bond motifs is 5. The molecule has 0 aromatic heterocycles. The van der Waals surface area contributed by atoms with Gasteiger partial charge in [0.1, 0.15) is 0 Å². The smallest absolute Gasteiger partial charge is 0.336 e. The Kier molecular flexibility index (Phi) is 3.57. The normalized spacial score (nSPS) is 20.5. The molecule has 2 unspecified atom stereocenters. The SMILES string of the molecule is COC(=O)C1=C(C(=O)OC)C2c3ccccc3C1N2c1ccccc1. The van der Waals surface area contributed by atoms with Crippen molar-refractivity contribution in [2.75, 3.05) is 19.1 Å². The Labute approximate surface area is 145 Å². The minimum Gasteiger partial charge on any atom is -0.466 e. The molecule has 2 aromatic rings. The lowest BCUT2D eigenvalue weighted by Crippen LogP contribution is -2.23. The molecule has 126 valence electrons. The number of anilines is 1. The topological polar surface area (TPSA) is 55.8 Å². The number of hydrogen-bond donors (Lipinski definition) is 0. The van der Waals surface area contributed by atoms with Crippen LogP contribution >= 0.6 is 0 Å². The standard InChI is InChI=1S/C20H17NO4/c1-24-19(22)15-16(20(23)25-2)18-14-11-7-6-10-13(14)17(15)21(18)12-8-4-3-5-9-12/h3-11,17-18H,1-2H3. The molecule has 0 saturated heterocycles. The van der Waals surface area contributed by atoms with Gasteiger partial charge in [-0.25, -0.2) is 9.59 Å². The number of nitrogens with zero attached hydrogens (tertiary/aromatic N) is 1. The summed E-state index contributed by atoms with van der Waals surface area (Å²) in [7, 11) is 2.66. The predicted molar refractivity (Wildman–Crippen MR) is 91.9 cm³/mol. The number of hydrogen-bond acceptors (Lipinski definition) is 5. The second kappa shape index (κ2) is 5.77. The molecule has 0 spiro atoms. The van der Waals surface area contributed by atoms with Crippen LogP contribution in [0.1, 0.15) is 23.2 Å². The Morgan fingerprint density at radius 2 is 1.20 bits per heavy atom. The monoisotopic (exact) mass is 335 g/mol. The van der Waals surface area contributed by atoms with Crippen LogP contribution in [0.25, 0.3) is 0 Å². The maximum Gasteiger partial charge on any atom is 0.336 e. The molecule has 5 nitrogen and oxygen atoms in total. The van der Waals surface area contributed by atoms with Gasteiger partial charge in [0, 0.05) is 5.69 Å². The minimum absolute atomic E-state index is 0.356. The first-order valence-corrected chi connectivity index (χ1v) is 8.02. The van der Waals surface area contributed by atoms with Gasteiger partial charge in [-0.15, -0.1) is 0 Å². The van der Waals surface area contributed by atoms with Crippen molar-refractivity contribution in [3.05, 3.63) is 76.9 Å². The molecule has 0 amide bonds. The maximum atomic E-state index is 12.5. The molecule has 5 heteroatoms. The molecule has 0 radical (unpaired) electrons. The van der Waals surface area contributed by atoms with Crippen LogP contribution in [-0.2, 0) is 19.1 Å². The molecule has 25 heavy (non-hydrogen) atoms. The molecule has 2 bridgehead atoms. The fourth-order valence-corrected chi connectivity index (χ4v) is 3.90. The fourth-order valence-electron chi connectivity index (χ4n) is 3.90. The van der Waals surface area contributed by atoms with Gasteiger partial charge in [0.15, 0.2) is 0 Å². The third-order valence-electron chi connectivity index (χ3n) is 4.84. The summed E-state index contributed by atoms with van der Waals surface area (Å²) in [6, 6.07) is 16.9. The van der Waals surface area contributed by atoms with E-state index in [0.717, 1.165) is 16.8 Å². The first kappa shape index (κ1) is 15.4. The summed E-state index contributed by atoms with van der Waals surface area (Å²) in [4.78, 5) is 27.1. The van der Waals surface area contributed by atoms with E-state index in [0.29, 0.717) is 11.1 Å². The summed E-state index contributed by atoms with van der Waals surface area (Å²) in [6.07, 6.45) is 0. The Balaban J connectivity index is 1.96. The van der Waals surface area contributed by atoms with E-state index >= 15 is 0 Å². The predicted octanol–water partition coefficient (Wildman–Crippen LogP) is 2.95. The lowest BCUT2D eigenvalue weighted by atomic mass is 9.86. The van der Waals surface area contributed by atoms with Crippen molar-refractivity contribution >= 4 is 17.6 Å². The molecule has 2 heterocycles. The summed E-state index contributed by atoms with van der Waals surface area (Å²) in [5.74, 6) is -0.994. The fraction of sp³-hybridized carbons (Fsp3) is 0.200. The van der Waals surface area contributed by atoms with E-state index in [1.807, 2.05) is 54.6 Å². The second-order valence-electron chi connectivity index (χ2n) is 5.99. The number of para-hydroxylation sites is 1. The molecule has 2 aliphatic rings. The van der Waals surface area contributed by atoms with Crippen LogP contribution in [-0.4, -0.2) is 26.2 Å². The van der Waals surface area contributed by atoms with Crippen LogP contribution in [0.2, 0.25) is 0 Å². The lowest BCUT2D eigenvalue weighted by molar-refractivity contribution is -0.139. The van der Waals surface area contributed by atoms with Gasteiger partial charge in [0.25, 0.3) is 0 Å². The number of carbonyl (C=O) groups excluding carboxylic acids is 2. The largest absolute Gasteiger partial charge is 0.466 e. The van der Waals surface area contributed by atoms with Crippen molar-refractivity contribution < 1.29 is 19.1 Å². The van der Waals surface area contributed by atoms with E-state index in [4.69, 9.17) is 9.47 Å². The number of carbonyl (C=O) groups is 2. The van der Waals surface area contributed by atoms with Crippen molar-refractivity contribution in [1.29, 1.82) is 0 Å². The van der Waals surface area contributed by atoms with Crippen LogP contribution in [0.3, 0.4) is 0 Å². The molecular formula is C20H17NO4. The molecule has 2 aliphatic heterocycles. The minimum atomic E-state index is -0.497. The summed E-state index contributed by atoms with van der Waals surface area (Å²) >= 11 is 0. The quantitative estimate of drug-likeness (QED) is 0.807. The number of benzene rings is 2. The average molecular weight is 335 g/mol. The van der Waals surface area contributed by atoms with Gasteiger partial charge in [-0.2, -0.15) is 0 Å². The number of methoxy groups -OCH3 is 2. The highest BCUT2D eigenvalue weighted by Crippen LogP contribution is 2.58. The first-order chi connectivity index (χ1) is 12.2. The van der Waals surface area contributed by atoms with Crippen LogP contribution < -0.4 is 4.90 Å². The molecule has 2 atom stereocenters. The highest BCUT2D eigenvalue weighted by molar-refractivity contribution is 6.06. The van der Waals surface area contributed by atoms with Gasteiger partial charge in [-0.05, 0) is 23.3 Å². The van der Waals surface area contributed by atoms with Gasteiger partial charge in [-0.1, -0.05) is 42.5 Å². The first-order valence-electron chi connectivity index (χ1n) is 8.02. The summed E-state index contributed by atoms with van der Waals surface area (Å²) < 4.78 is 9.96. The molecule has 2 aromatic carbocycles. The van der Waals surface area contributed by atoms with Gasteiger partial charge in [0.2, 0.25) is 0 Å². The average Bonchev–Trinajstić information content (AvgIpc) is 3.19. The Morgan fingerprint density at radius 1 is 0.760 bits per heavy atom. The third kappa shape index (κ3) is 2.09. The van der Waals surface area contributed by atoms with Gasteiger partial charge in [-0.3, -0.25) is 0 Å². The highest BCUT2D eigenvalue weighted by Gasteiger charge is 2.54. The molecule has 0 fully saturated rings.